The SMILES string of the molecule is Cc1nccc(CNC(C)c2ncc[nH]2)n1. The molecule has 0 spiro atoms. The summed E-state index contributed by atoms with van der Waals surface area (Å²) in [6.45, 7) is 4.66. The molecule has 5 nitrogen and oxygen atoms in total. The summed E-state index contributed by atoms with van der Waals surface area (Å²) >= 11 is 0. The van der Waals surface area contributed by atoms with E-state index in [0.29, 0.717) is 6.54 Å². The van der Waals surface area contributed by atoms with Crippen LogP contribution in [0.2, 0.25) is 0 Å². The molecule has 0 bridgehead atoms. The lowest BCUT2D eigenvalue weighted by atomic mass is 10.3. The quantitative estimate of drug-likeness (QED) is 0.811. The summed E-state index contributed by atoms with van der Waals surface area (Å²) in [4.78, 5) is 15.7. The van der Waals surface area contributed by atoms with Crippen molar-refractivity contribution in [2.24, 2.45) is 0 Å². The Morgan fingerprint density at radius 1 is 1.38 bits per heavy atom. The second-order valence-corrected chi connectivity index (χ2v) is 3.67. The maximum absolute atomic E-state index is 4.32. The van der Waals surface area contributed by atoms with Gasteiger partial charge in [0.2, 0.25) is 0 Å². The first kappa shape index (κ1) is 10.8. The highest BCUT2D eigenvalue weighted by Crippen LogP contribution is 2.06. The number of imidazole rings is 1. The van der Waals surface area contributed by atoms with Crippen molar-refractivity contribution in [2.45, 2.75) is 26.4 Å². The monoisotopic (exact) mass is 217 g/mol. The van der Waals surface area contributed by atoms with Gasteiger partial charge < -0.3 is 10.3 Å². The van der Waals surface area contributed by atoms with Crippen molar-refractivity contribution in [1.29, 1.82) is 0 Å². The van der Waals surface area contributed by atoms with Crippen LogP contribution in [0.4, 0.5) is 0 Å². The largest absolute Gasteiger partial charge is 0.347 e. The number of aromatic nitrogens is 4. The maximum atomic E-state index is 4.32. The first-order valence-corrected chi connectivity index (χ1v) is 5.27. The highest BCUT2D eigenvalue weighted by molar-refractivity contribution is 5.02. The van der Waals surface area contributed by atoms with E-state index in [-0.39, 0.29) is 6.04 Å². The Balaban J connectivity index is 1.92. The van der Waals surface area contributed by atoms with Crippen molar-refractivity contribution in [3.8, 4) is 0 Å². The summed E-state index contributed by atoms with van der Waals surface area (Å²) in [7, 11) is 0. The molecular weight excluding hydrogens is 202 g/mol. The zero-order valence-corrected chi connectivity index (χ0v) is 9.44. The second-order valence-electron chi connectivity index (χ2n) is 3.67. The summed E-state index contributed by atoms with van der Waals surface area (Å²) in [5.74, 6) is 1.73. The topological polar surface area (TPSA) is 66.5 Å². The van der Waals surface area contributed by atoms with Gasteiger partial charge in [0.25, 0.3) is 0 Å². The molecule has 84 valence electrons. The molecule has 2 N–H and O–H groups in total. The van der Waals surface area contributed by atoms with Gasteiger partial charge in [0.05, 0.1) is 11.7 Å². The molecule has 0 amide bonds. The lowest BCUT2D eigenvalue weighted by Gasteiger charge is -2.10. The minimum atomic E-state index is 0.185. The van der Waals surface area contributed by atoms with Crippen LogP contribution in [0.25, 0.3) is 0 Å². The molecule has 1 atom stereocenters. The van der Waals surface area contributed by atoms with Crippen LogP contribution in [0.3, 0.4) is 0 Å². The minimum absolute atomic E-state index is 0.185. The molecule has 0 aliphatic rings. The van der Waals surface area contributed by atoms with Crippen molar-refractivity contribution in [3.05, 3.63) is 42.0 Å². The summed E-state index contributed by atoms with van der Waals surface area (Å²) in [5.41, 5.74) is 0.992. The van der Waals surface area contributed by atoms with Crippen LogP contribution >= 0.6 is 0 Å². The van der Waals surface area contributed by atoms with E-state index in [1.807, 2.05) is 19.2 Å². The van der Waals surface area contributed by atoms with Gasteiger partial charge in [-0.2, -0.15) is 0 Å². The molecule has 2 heterocycles. The molecule has 16 heavy (non-hydrogen) atoms. The number of rotatable bonds is 4. The summed E-state index contributed by atoms with van der Waals surface area (Å²) < 4.78 is 0. The summed E-state index contributed by atoms with van der Waals surface area (Å²) in [6.07, 6.45) is 5.35. The molecule has 0 saturated carbocycles. The molecule has 0 fully saturated rings. The lowest BCUT2D eigenvalue weighted by Crippen LogP contribution is -2.20. The fraction of sp³-hybridized carbons (Fsp3) is 0.364. The number of aryl methyl sites for hydroxylation is 1. The van der Waals surface area contributed by atoms with Crippen molar-refractivity contribution in [3.63, 3.8) is 0 Å². The summed E-state index contributed by atoms with van der Waals surface area (Å²) in [6, 6.07) is 2.10. The van der Waals surface area contributed by atoms with Gasteiger partial charge >= 0.3 is 0 Å². The van der Waals surface area contributed by atoms with E-state index >= 15 is 0 Å². The van der Waals surface area contributed by atoms with Crippen LogP contribution in [0.15, 0.2) is 24.7 Å². The van der Waals surface area contributed by atoms with Crippen LogP contribution in [0, 0.1) is 6.92 Å². The fourth-order valence-electron chi connectivity index (χ4n) is 1.47. The predicted octanol–water partition coefficient (Wildman–Crippen LogP) is 1.36. The van der Waals surface area contributed by atoms with Crippen molar-refractivity contribution >= 4 is 0 Å². The molecule has 5 heteroatoms. The van der Waals surface area contributed by atoms with E-state index in [9.17, 15) is 0 Å². The van der Waals surface area contributed by atoms with Gasteiger partial charge in [0, 0.05) is 25.1 Å². The predicted molar refractivity (Wildman–Crippen MR) is 60.6 cm³/mol. The molecule has 2 aromatic heterocycles. The zero-order chi connectivity index (χ0) is 11.4. The Bertz CT molecular complexity index is 437. The average Bonchev–Trinajstić information content (AvgIpc) is 2.79. The maximum Gasteiger partial charge on any atom is 0.125 e. The van der Waals surface area contributed by atoms with Crippen LogP contribution in [0.1, 0.15) is 30.3 Å². The number of aromatic amines is 1. The molecule has 2 aromatic rings. The van der Waals surface area contributed by atoms with Gasteiger partial charge in [-0.3, -0.25) is 0 Å². The van der Waals surface area contributed by atoms with Crippen LogP contribution in [-0.4, -0.2) is 19.9 Å². The number of hydrogen-bond acceptors (Lipinski definition) is 4. The molecule has 2 rings (SSSR count). The van der Waals surface area contributed by atoms with Gasteiger partial charge in [-0.15, -0.1) is 0 Å². The molecule has 0 aliphatic heterocycles. The van der Waals surface area contributed by atoms with E-state index in [1.54, 1.807) is 12.4 Å². The van der Waals surface area contributed by atoms with Gasteiger partial charge in [-0.1, -0.05) is 0 Å². The van der Waals surface area contributed by atoms with E-state index in [2.05, 4.69) is 32.2 Å². The van der Waals surface area contributed by atoms with E-state index < -0.39 is 0 Å². The standard InChI is InChI=1S/C11H15N5/c1-8(11-13-5-6-14-11)15-7-10-3-4-12-9(2)16-10/h3-6,8,15H,7H2,1-2H3,(H,13,14). The highest BCUT2D eigenvalue weighted by atomic mass is 15.0. The number of hydrogen-bond donors (Lipinski definition) is 2. The normalized spacial score (nSPS) is 12.6. The Hall–Kier alpha value is -1.75. The fourth-order valence-corrected chi connectivity index (χ4v) is 1.47. The summed E-state index contributed by atoms with van der Waals surface area (Å²) in [5, 5.41) is 3.34. The smallest absolute Gasteiger partial charge is 0.125 e. The van der Waals surface area contributed by atoms with Gasteiger partial charge in [-0.25, -0.2) is 15.0 Å². The zero-order valence-electron chi connectivity index (χ0n) is 9.44. The average molecular weight is 217 g/mol. The van der Waals surface area contributed by atoms with Crippen molar-refractivity contribution in [1.82, 2.24) is 25.3 Å². The Labute approximate surface area is 94.4 Å². The lowest BCUT2D eigenvalue weighted by molar-refractivity contribution is 0.544. The Kier molecular flexibility index (Phi) is 3.26. The Morgan fingerprint density at radius 3 is 2.94 bits per heavy atom. The minimum Gasteiger partial charge on any atom is -0.347 e. The van der Waals surface area contributed by atoms with E-state index in [0.717, 1.165) is 17.3 Å². The third-order valence-electron chi connectivity index (χ3n) is 2.35. The molecule has 0 radical (unpaired) electrons. The second kappa shape index (κ2) is 4.85. The van der Waals surface area contributed by atoms with Crippen molar-refractivity contribution in [2.75, 3.05) is 0 Å². The number of nitrogens with zero attached hydrogens (tertiary/aromatic N) is 3. The third-order valence-corrected chi connectivity index (χ3v) is 2.35. The Morgan fingerprint density at radius 2 is 2.25 bits per heavy atom. The van der Waals surface area contributed by atoms with Gasteiger partial charge in [0.15, 0.2) is 0 Å². The van der Waals surface area contributed by atoms with Crippen LogP contribution in [0.5, 0.6) is 0 Å². The highest BCUT2D eigenvalue weighted by Gasteiger charge is 2.06. The van der Waals surface area contributed by atoms with E-state index in [4.69, 9.17) is 0 Å². The molecular formula is C11H15N5. The first-order valence-electron chi connectivity index (χ1n) is 5.27. The van der Waals surface area contributed by atoms with Crippen LogP contribution in [-0.2, 0) is 6.54 Å². The van der Waals surface area contributed by atoms with Gasteiger partial charge in [-0.05, 0) is 19.9 Å². The van der Waals surface area contributed by atoms with Crippen LogP contribution < -0.4 is 5.32 Å². The number of nitrogens with one attached hydrogen (secondary N) is 2. The third kappa shape index (κ3) is 2.64. The molecule has 1 unspecified atom stereocenters. The first-order chi connectivity index (χ1) is 7.75. The van der Waals surface area contributed by atoms with Crippen molar-refractivity contribution < 1.29 is 0 Å². The molecule has 0 saturated heterocycles. The van der Waals surface area contributed by atoms with E-state index in [1.165, 1.54) is 0 Å². The van der Waals surface area contributed by atoms with Gasteiger partial charge in [0.1, 0.15) is 11.6 Å². The molecule has 0 aromatic carbocycles. The molecule has 0 aliphatic carbocycles. The number of H-pyrrole nitrogens is 1.